The number of hydrogen-bond acceptors (Lipinski definition) is 4. The van der Waals surface area contributed by atoms with Gasteiger partial charge in [-0.3, -0.25) is 4.98 Å². The van der Waals surface area contributed by atoms with Crippen molar-refractivity contribution >= 4 is 24.2 Å². The lowest BCUT2D eigenvalue weighted by Gasteiger charge is -2.05. The standard InChI is InChI=1S/C12H11N3O2.ClH/c16-12(17)10-3-4-11(15-8-10)14-7-9-2-1-5-13-6-9;/h1-6,8H,7H2,(H,14,15)(H,16,17);1H. The fourth-order valence-electron chi connectivity index (χ4n) is 1.32. The molecule has 0 saturated carbocycles. The Hall–Kier alpha value is -2.14. The number of aromatic carboxylic acids is 1. The molecule has 0 atom stereocenters. The molecule has 94 valence electrons. The Kier molecular flexibility index (Phi) is 5.07. The van der Waals surface area contributed by atoms with Crippen molar-refractivity contribution in [3.05, 3.63) is 54.0 Å². The number of anilines is 1. The summed E-state index contributed by atoms with van der Waals surface area (Å²) in [5.41, 5.74) is 1.22. The molecule has 0 aliphatic carbocycles. The van der Waals surface area contributed by atoms with Gasteiger partial charge in [0.1, 0.15) is 5.82 Å². The molecular weight excluding hydrogens is 254 g/mol. The average Bonchev–Trinajstić information content (AvgIpc) is 2.38. The van der Waals surface area contributed by atoms with E-state index in [-0.39, 0.29) is 18.0 Å². The van der Waals surface area contributed by atoms with E-state index in [9.17, 15) is 4.79 Å². The summed E-state index contributed by atoms with van der Waals surface area (Å²) in [5.74, 6) is -0.338. The molecule has 0 aliphatic rings. The molecule has 2 aromatic rings. The van der Waals surface area contributed by atoms with Crippen LogP contribution in [0.3, 0.4) is 0 Å². The van der Waals surface area contributed by atoms with Crippen LogP contribution in [0, 0.1) is 0 Å². The summed E-state index contributed by atoms with van der Waals surface area (Å²) >= 11 is 0. The number of rotatable bonds is 4. The van der Waals surface area contributed by atoms with Gasteiger partial charge in [0, 0.05) is 25.1 Å². The van der Waals surface area contributed by atoms with Gasteiger partial charge in [-0.15, -0.1) is 12.4 Å². The first kappa shape index (κ1) is 13.9. The van der Waals surface area contributed by atoms with Gasteiger partial charge in [0.2, 0.25) is 0 Å². The predicted molar refractivity (Wildman–Crippen MR) is 70.0 cm³/mol. The first-order valence-electron chi connectivity index (χ1n) is 5.08. The smallest absolute Gasteiger partial charge is 0.337 e. The minimum absolute atomic E-state index is 0. The summed E-state index contributed by atoms with van der Waals surface area (Å²) in [5, 5.41) is 11.8. The van der Waals surface area contributed by atoms with E-state index in [0.717, 1.165) is 5.56 Å². The van der Waals surface area contributed by atoms with E-state index in [4.69, 9.17) is 5.11 Å². The van der Waals surface area contributed by atoms with Crippen molar-refractivity contribution in [3.63, 3.8) is 0 Å². The third kappa shape index (κ3) is 3.71. The molecule has 0 bridgehead atoms. The number of nitrogens with zero attached hydrogens (tertiary/aromatic N) is 2. The number of nitrogens with one attached hydrogen (secondary N) is 1. The lowest BCUT2D eigenvalue weighted by atomic mass is 10.2. The zero-order valence-corrected chi connectivity index (χ0v) is 10.2. The van der Waals surface area contributed by atoms with E-state index in [0.29, 0.717) is 12.4 Å². The fourth-order valence-corrected chi connectivity index (χ4v) is 1.32. The number of carbonyl (C=O) groups is 1. The van der Waals surface area contributed by atoms with Crippen LogP contribution in [0.1, 0.15) is 15.9 Å². The summed E-state index contributed by atoms with van der Waals surface area (Å²) < 4.78 is 0. The number of hydrogen-bond donors (Lipinski definition) is 2. The van der Waals surface area contributed by atoms with E-state index >= 15 is 0 Å². The molecule has 2 aromatic heterocycles. The summed E-state index contributed by atoms with van der Waals surface area (Å²) in [6.45, 7) is 0.604. The molecule has 18 heavy (non-hydrogen) atoms. The van der Waals surface area contributed by atoms with Crippen molar-refractivity contribution in [1.29, 1.82) is 0 Å². The SMILES string of the molecule is Cl.O=C(O)c1ccc(NCc2cccnc2)nc1. The second-order valence-electron chi connectivity index (χ2n) is 3.45. The summed E-state index contributed by atoms with van der Waals surface area (Å²) in [6.07, 6.45) is 4.80. The normalized spacial score (nSPS) is 9.33. The maximum Gasteiger partial charge on any atom is 0.337 e. The molecule has 0 unspecified atom stereocenters. The highest BCUT2D eigenvalue weighted by atomic mass is 35.5. The van der Waals surface area contributed by atoms with Gasteiger partial charge in [0.15, 0.2) is 0 Å². The molecule has 2 heterocycles. The van der Waals surface area contributed by atoms with Crippen molar-refractivity contribution in [1.82, 2.24) is 9.97 Å². The average molecular weight is 266 g/mol. The third-order valence-corrected chi connectivity index (χ3v) is 2.21. The van der Waals surface area contributed by atoms with Gasteiger partial charge in [0.05, 0.1) is 5.56 Å². The first-order valence-corrected chi connectivity index (χ1v) is 5.08. The summed E-state index contributed by atoms with van der Waals surface area (Å²) in [7, 11) is 0. The van der Waals surface area contributed by atoms with Crippen molar-refractivity contribution in [3.8, 4) is 0 Å². The van der Waals surface area contributed by atoms with Crippen molar-refractivity contribution in [2.24, 2.45) is 0 Å². The van der Waals surface area contributed by atoms with Gasteiger partial charge < -0.3 is 10.4 Å². The minimum atomic E-state index is -0.976. The van der Waals surface area contributed by atoms with Crippen LogP contribution in [0.25, 0.3) is 0 Å². The van der Waals surface area contributed by atoms with Gasteiger partial charge >= 0.3 is 5.97 Å². The summed E-state index contributed by atoms with van der Waals surface area (Å²) in [6, 6.07) is 6.96. The molecular formula is C12H12ClN3O2. The van der Waals surface area contributed by atoms with Crippen LogP contribution in [0.4, 0.5) is 5.82 Å². The fraction of sp³-hybridized carbons (Fsp3) is 0.0833. The molecule has 0 radical (unpaired) electrons. The van der Waals surface area contributed by atoms with Gasteiger partial charge in [-0.2, -0.15) is 0 Å². The van der Waals surface area contributed by atoms with Crippen molar-refractivity contribution in [2.75, 3.05) is 5.32 Å². The Morgan fingerprint density at radius 1 is 1.28 bits per heavy atom. The quantitative estimate of drug-likeness (QED) is 0.886. The number of pyridine rings is 2. The molecule has 0 aliphatic heterocycles. The van der Waals surface area contributed by atoms with E-state index in [2.05, 4.69) is 15.3 Å². The summed E-state index contributed by atoms with van der Waals surface area (Å²) in [4.78, 5) is 18.6. The number of carboxylic acids is 1. The minimum Gasteiger partial charge on any atom is -0.478 e. The number of carboxylic acid groups (broad SMARTS) is 1. The largest absolute Gasteiger partial charge is 0.478 e. The molecule has 6 heteroatoms. The van der Waals surface area contributed by atoms with Crippen LogP contribution in [-0.4, -0.2) is 21.0 Å². The van der Waals surface area contributed by atoms with Gasteiger partial charge in [0.25, 0.3) is 0 Å². The van der Waals surface area contributed by atoms with Crippen LogP contribution in [-0.2, 0) is 6.54 Å². The van der Waals surface area contributed by atoms with Gasteiger partial charge in [-0.25, -0.2) is 9.78 Å². The topological polar surface area (TPSA) is 75.1 Å². The van der Waals surface area contributed by atoms with Crippen LogP contribution >= 0.6 is 12.4 Å². The molecule has 0 aromatic carbocycles. The molecule has 0 fully saturated rings. The van der Waals surface area contributed by atoms with Crippen LogP contribution in [0.15, 0.2) is 42.9 Å². The van der Waals surface area contributed by atoms with Crippen molar-refractivity contribution < 1.29 is 9.90 Å². The van der Waals surface area contributed by atoms with Gasteiger partial charge in [-0.1, -0.05) is 6.07 Å². The second kappa shape index (κ2) is 6.56. The lowest BCUT2D eigenvalue weighted by Crippen LogP contribution is -2.03. The number of aromatic nitrogens is 2. The van der Waals surface area contributed by atoms with Gasteiger partial charge in [-0.05, 0) is 23.8 Å². The molecule has 5 nitrogen and oxygen atoms in total. The lowest BCUT2D eigenvalue weighted by molar-refractivity contribution is 0.0696. The Labute approximate surface area is 110 Å². The number of halogens is 1. The maximum absolute atomic E-state index is 10.6. The van der Waals surface area contributed by atoms with Crippen LogP contribution in [0.5, 0.6) is 0 Å². The Bertz CT molecular complexity index is 502. The maximum atomic E-state index is 10.6. The highest BCUT2D eigenvalue weighted by molar-refractivity contribution is 5.87. The Morgan fingerprint density at radius 3 is 2.67 bits per heavy atom. The van der Waals surface area contributed by atoms with Crippen molar-refractivity contribution in [2.45, 2.75) is 6.54 Å². The second-order valence-corrected chi connectivity index (χ2v) is 3.45. The van der Waals surface area contributed by atoms with Crippen LogP contribution < -0.4 is 5.32 Å². The van der Waals surface area contributed by atoms with Crippen LogP contribution in [0.2, 0.25) is 0 Å². The molecule has 2 N–H and O–H groups in total. The van der Waals surface area contributed by atoms with E-state index < -0.39 is 5.97 Å². The zero-order valence-electron chi connectivity index (χ0n) is 9.41. The molecule has 0 amide bonds. The zero-order chi connectivity index (χ0) is 12.1. The highest BCUT2D eigenvalue weighted by Gasteiger charge is 2.02. The van der Waals surface area contributed by atoms with E-state index in [1.165, 1.54) is 12.3 Å². The monoisotopic (exact) mass is 265 g/mol. The molecule has 0 spiro atoms. The Morgan fingerprint density at radius 2 is 2.11 bits per heavy atom. The molecule has 2 rings (SSSR count). The predicted octanol–water partition coefficient (Wildman–Crippen LogP) is 2.21. The third-order valence-electron chi connectivity index (χ3n) is 2.21. The molecule has 0 saturated heterocycles. The first-order chi connectivity index (χ1) is 8.25. The highest BCUT2D eigenvalue weighted by Crippen LogP contribution is 2.07. The Balaban J connectivity index is 0.00000162. The van der Waals surface area contributed by atoms with E-state index in [1.807, 2.05) is 12.1 Å². The van der Waals surface area contributed by atoms with E-state index in [1.54, 1.807) is 18.5 Å².